The van der Waals surface area contributed by atoms with E-state index in [1.54, 1.807) is 43.5 Å². The fourth-order valence-corrected chi connectivity index (χ4v) is 5.20. The molecule has 3 aromatic carbocycles. The van der Waals surface area contributed by atoms with Crippen LogP contribution in [0.15, 0.2) is 78.6 Å². The van der Waals surface area contributed by atoms with E-state index in [0.29, 0.717) is 18.7 Å². The van der Waals surface area contributed by atoms with Crippen molar-refractivity contribution in [2.24, 2.45) is 0 Å². The van der Waals surface area contributed by atoms with E-state index in [2.05, 4.69) is 5.32 Å². The molecule has 1 aliphatic carbocycles. The SMILES string of the molecule is COc1ccccc1CNC(=O)c1ccc(/C=C2\OC3CCCCC3N(Cc3cccc(F)c3)C2=O)cc1. The largest absolute Gasteiger partial charge is 0.496 e. The molecule has 1 saturated carbocycles. The predicted molar refractivity (Wildman–Crippen MR) is 143 cm³/mol. The number of rotatable bonds is 7. The first-order valence-electron chi connectivity index (χ1n) is 13.0. The summed E-state index contributed by atoms with van der Waals surface area (Å²) in [6, 6.07) is 21.0. The Balaban J connectivity index is 1.30. The highest BCUT2D eigenvalue weighted by Gasteiger charge is 2.41. The number of methoxy groups -OCH3 is 1. The van der Waals surface area contributed by atoms with Crippen molar-refractivity contribution in [2.45, 2.75) is 50.9 Å². The summed E-state index contributed by atoms with van der Waals surface area (Å²) >= 11 is 0. The number of nitrogens with one attached hydrogen (secondary N) is 1. The lowest BCUT2D eigenvalue weighted by molar-refractivity contribution is -0.149. The van der Waals surface area contributed by atoms with Crippen molar-refractivity contribution in [1.29, 1.82) is 0 Å². The number of carbonyl (C=O) groups excluding carboxylic acids is 2. The van der Waals surface area contributed by atoms with Crippen LogP contribution in [0.3, 0.4) is 0 Å². The molecule has 0 radical (unpaired) electrons. The summed E-state index contributed by atoms with van der Waals surface area (Å²) in [5.74, 6) is 0.283. The van der Waals surface area contributed by atoms with Gasteiger partial charge in [0.2, 0.25) is 0 Å². The molecule has 2 amide bonds. The number of hydrogen-bond acceptors (Lipinski definition) is 4. The molecule has 0 bridgehead atoms. The molecule has 2 atom stereocenters. The molecule has 1 N–H and O–H groups in total. The maximum absolute atomic E-state index is 13.8. The van der Waals surface area contributed by atoms with E-state index in [4.69, 9.17) is 9.47 Å². The predicted octanol–water partition coefficient (Wildman–Crippen LogP) is 5.48. The second-order valence-electron chi connectivity index (χ2n) is 9.70. The average Bonchev–Trinajstić information content (AvgIpc) is 2.94. The molecule has 0 aromatic heterocycles. The fourth-order valence-electron chi connectivity index (χ4n) is 5.20. The highest BCUT2D eigenvalue weighted by atomic mass is 19.1. The van der Waals surface area contributed by atoms with Gasteiger partial charge in [-0.25, -0.2) is 4.39 Å². The Morgan fingerprint density at radius 3 is 2.66 bits per heavy atom. The van der Waals surface area contributed by atoms with Crippen LogP contribution in [0.1, 0.15) is 52.7 Å². The summed E-state index contributed by atoms with van der Waals surface area (Å²) in [5.41, 5.74) is 2.92. The molecule has 2 fully saturated rings. The molecule has 196 valence electrons. The van der Waals surface area contributed by atoms with Crippen molar-refractivity contribution in [1.82, 2.24) is 10.2 Å². The third kappa shape index (κ3) is 5.72. The third-order valence-corrected chi connectivity index (χ3v) is 7.16. The van der Waals surface area contributed by atoms with Crippen molar-refractivity contribution in [3.8, 4) is 5.75 Å². The number of nitrogens with zero attached hydrogens (tertiary/aromatic N) is 1. The van der Waals surface area contributed by atoms with Crippen LogP contribution in [0.5, 0.6) is 5.75 Å². The lowest BCUT2D eigenvalue weighted by Crippen LogP contribution is -2.54. The summed E-state index contributed by atoms with van der Waals surface area (Å²) in [6.45, 7) is 0.685. The molecule has 1 aliphatic heterocycles. The average molecular weight is 515 g/mol. The van der Waals surface area contributed by atoms with Crippen LogP contribution in [-0.4, -0.2) is 36.0 Å². The summed E-state index contributed by atoms with van der Waals surface area (Å²) in [6.07, 6.45) is 5.48. The second kappa shape index (κ2) is 11.5. The molecule has 2 aliphatic rings. The van der Waals surface area contributed by atoms with Gasteiger partial charge in [-0.2, -0.15) is 0 Å². The Kier molecular flexibility index (Phi) is 7.73. The minimum Gasteiger partial charge on any atom is -0.496 e. The van der Waals surface area contributed by atoms with Crippen LogP contribution in [-0.2, 0) is 22.6 Å². The number of hydrogen-bond donors (Lipinski definition) is 1. The van der Waals surface area contributed by atoms with E-state index in [9.17, 15) is 14.0 Å². The van der Waals surface area contributed by atoms with Crippen LogP contribution >= 0.6 is 0 Å². The van der Waals surface area contributed by atoms with Gasteiger partial charge in [0.1, 0.15) is 17.7 Å². The fraction of sp³-hybridized carbons (Fsp3) is 0.290. The number of carbonyl (C=O) groups is 2. The highest BCUT2D eigenvalue weighted by molar-refractivity contribution is 5.97. The lowest BCUT2D eigenvalue weighted by Gasteiger charge is -2.44. The smallest absolute Gasteiger partial charge is 0.289 e. The van der Waals surface area contributed by atoms with Gasteiger partial charge >= 0.3 is 0 Å². The van der Waals surface area contributed by atoms with Gasteiger partial charge in [-0.3, -0.25) is 9.59 Å². The number of morpholine rings is 1. The van der Waals surface area contributed by atoms with E-state index >= 15 is 0 Å². The number of amides is 2. The molecule has 3 aromatic rings. The summed E-state index contributed by atoms with van der Waals surface area (Å²) in [5, 5.41) is 2.92. The van der Waals surface area contributed by atoms with Gasteiger partial charge in [0.05, 0.1) is 13.2 Å². The van der Waals surface area contributed by atoms with Crippen LogP contribution < -0.4 is 10.1 Å². The highest BCUT2D eigenvalue weighted by Crippen LogP contribution is 2.34. The maximum Gasteiger partial charge on any atom is 0.289 e. The van der Waals surface area contributed by atoms with Crippen LogP contribution in [0.2, 0.25) is 0 Å². The van der Waals surface area contributed by atoms with Gasteiger partial charge in [-0.15, -0.1) is 0 Å². The molecular weight excluding hydrogens is 483 g/mol. The summed E-state index contributed by atoms with van der Waals surface area (Å²) < 4.78 is 25.3. The molecule has 6 nitrogen and oxygen atoms in total. The van der Waals surface area contributed by atoms with Gasteiger partial charge in [-0.1, -0.05) is 48.9 Å². The first-order valence-corrected chi connectivity index (χ1v) is 13.0. The first kappa shape index (κ1) is 25.5. The normalized spacial score (nSPS) is 20.0. The van der Waals surface area contributed by atoms with E-state index in [1.165, 1.54) is 12.1 Å². The molecule has 2 unspecified atom stereocenters. The zero-order valence-corrected chi connectivity index (χ0v) is 21.4. The second-order valence-corrected chi connectivity index (χ2v) is 9.70. The van der Waals surface area contributed by atoms with Gasteiger partial charge in [0.25, 0.3) is 11.8 Å². The van der Waals surface area contributed by atoms with Gasteiger partial charge in [-0.05, 0) is 66.8 Å². The Hall–Kier alpha value is -4.13. The van der Waals surface area contributed by atoms with Gasteiger partial charge in [0.15, 0.2) is 5.76 Å². The van der Waals surface area contributed by atoms with Crippen molar-refractivity contribution < 1.29 is 23.5 Å². The van der Waals surface area contributed by atoms with Crippen molar-refractivity contribution >= 4 is 17.9 Å². The Bertz CT molecular complexity index is 1340. The maximum atomic E-state index is 13.8. The number of fused-ring (bicyclic) bond motifs is 1. The van der Waals surface area contributed by atoms with Crippen molar-refractivity contribution in [3.05, 3.63) is 107 Å². The minimum absolute atomic E-state index is 0.0222. The Labute approximate surface area is 222 Å². The molecule has 38 heavy (non-hydrogen) atoms. The zero-order valence-electron chi connectivity index (χ0n) is 21.4. The Morgan fingerprint density at radius 1 is 1.08 bits per heavy atom. The number of halogens is 1. The third-order valence-electron chi connectivity index (χ3n) is 7.16. The topological polar surface area (TPSA) is 67.9 Å². The molecule has 1 saturated heterocycles. The Morgan fingerprint density at radius 2 is 1.87 bits per heavy atom. The van der Waals surface area contributed by atoms with Crippen LogP contribution in [0.25, 0.3) is 6.08 Å². The van der Waals surface area contributed by atoms with Gasteiger partial charge in [0, 0.05) is 24.2 Å². The van der Waals surface area contributed by atoms with Crippen molar-refractivity contribution in [2.75, 3.05) is 7.11 Å². The van der Waals surface area contributed by atoms with E-state index < -0.39 is 0 Å². The zero-order chi connectivity index (χ0) is 26.5. The summed E-state index contributed by atoms with van der Waals surface area (Å²) in [7, 11) is 1.60. The van der Waals surface area contributed by atoms with E-state index in [0.717, 1.165) is 48.1 Å². The molecule has 0 spiro atoms. The van der Waals surface area contributed by atoms with Crippen molar-refractivity contribution in [3.63, 3.8) is 0 Å². The molecule has 7 heteroatoms. The number of ether oxygens (including phenoxy) is 2. The number of benzene rings is 3. The molecule has 5 rings (SSSR count). The molecular formula is C31H31FN2O4. The summed E-state index contributed by atoms with van der Waals surface area (Å²) in [4.78, 5) is 28.0. The minimum atomic E-state index is -0.314. The molecule has 1 heterocycles. The van der Waals surface area contributed by atoms with E-state index in [-0.39, 0.29) is 35.5 Å². The quantitative estimate of drug-likeness (QED) is 0.425. The van der Waals surface area contributed by atoms with Gasteiger partial charge < -0.3 is 19.7 Å². The lowest BCUT2D eigenvalue weighted by atomic mass is 9.89. The van der Waals surface area contributed by atoms with Crippen LogP contribution in [0.4, 0.5) is 4.39 Å². The number of para-hydroxylation sites is 1. The standard InChI is InChI=1S/C31H31FN2O4/c1-37-27-11-4-2-8-24(27)19-33-30(35)23-15-13-21(14-16-23)18-29-31(36)34(20-22-7-6-9-25(32)17-22)26-10-3-5-12-28(26)38-29/h2,4,6-9,11,13-18,26,28H,3,5,10,12,19-20H2,1H3,(H,33,35)/b29-18-. The van der Waals surface area contributed by atoms with Crippen LogP contribution in [0, 0.1) is 5.82 Å². The monoisotopic (exact) mass is 514 g/mol. The van der Waals surface area contributed by atoms with E-state index in [1.807, 2.05) is 35.2 Å². The first-order chi connectivity index (χ1) is 18.5.